The Morgan fingerprint density at radius 3 is 2.50 bits per heavy atom. The molecule has 0 spiro atoms. The summed E-state index contributed by atoms with van der Waals surface area (Å²) in [5.41, 5.74) is 0.720. The number of carbonyl (C=O) groups excluding carboxylic acids is 1. The van der Waals surface area contributed by atoms with Crippen molar-refractivity contribution in [1.29, 1.82) is 0 Å². The maximum absolute atomic E-state index is 11.3. The predicted octanol–water partition coefficient (Wildman–Crippen LogP) is 3.53. The fraction of sp³-hybridized carbons (Fsp3) is 0.100. The van der Waals surface area contributed by atoms with Gasteiger partial charge in [0.15, 0.2) is 0 Å². The molecule has 6 heteroatoms. The number of thiophene rings is 1. The lowest BCUT2D eigenvalue weighted by Gasteiger charge is -1.98. The van der Waals surface area contributed by atoms with E-state index in [-0.39, 0.29) is 43.1 Å². The highest BCUT2D eigenvalue weighted by Crippen LogP contribution is 2.21. The third-order valence-electron chi connectivity index (χ3n) is 1.95. The zero-order valence-electron chi connectivity index (χ0n) is 8.43. The number of amides is 1. The molecule has 0 radical (unpaired) electrons. The van der Waals surface area contributed by atoms with E-state index in [1.54, 1.807) is 18.4 Å². The van der Waals surface area contributed by atoms with Crippen LogP contribution in [0.2, 0.25) is 0 Å². The Kier molecular flexibility index (Phi) is 8.66. The first kappa shape index (κ1) is 17.9. The van der Waals surface area contributed by atoms with Crippen LogP contribution in [0.4, 0.5) is 0 Å². The van der Waals surface area contributed by atoms with Crippen LogP contribution in [0.1, 0.15) is 10.4 Å². The van der Waals surface area contributed by atoms with E-state index in [1.165, 1.54) is 5.39 Å². The molecule has 0 aliphatic heterocycles. The van der Waals surface area contributed by atoms with Gasteiger partial charge in [-0.15, -0.1) is 48.6 Å². The van der Waals surface area contributed by atoms with Crippen LogP contribution in [-0.4, -0.2) is 13.0 Å². The van der Waals surface area contributed by atoms with Crippen LogP contribution in [-0.2, 0) is 0 Å². The fourth-order valence-corrected chi connectivity index (χ4v) is 2.07. The Labute approximate surface area is 117 Å². The van der Waals surface area contributed by atoms with Crippen molar-refractivity contribution in [3.63, 3.8) is 0 Å². The number of benzene rings is 1. The molecule has 1 aromatic heterocycles. The Morgan fingerprint density at radius 2 is 1.88 bits per heavy atom. The molecule has 1 aromatic carbocycles. The summed E-state index contributed by atoms with van der Waals surface area (Å²) in [6.07, 6.45) is 0. The van der Waals surface area contributed by atoms with E-state index in [0.29, 0.717) is 0 Å². The highest BCUT2D eigenvalue weighted by Gasteiger charge is 2.03. The SMILES string of the molecule is CNC(=O)c1ccc2ccsc2c1.Cl.Cl.Cl. The van der Waals surface area contributed by atoms with Gasteiger partial charge in [-0.1, -0.05) is 6.07 Å². The van der Waals surface area contributed by atoms with Crippen molar-refractivity contribution in [2.45, 2.75) is 0 Å². The quantitative estimate of drug-likeness (QED) is 0.858. The Bertz CT molecular complexity index is 458. The maximum atomic E-state index is 11.3. The molecule has 0 saturated heterocycles. The monoisotopic (exact) mass is 299 g/mol. The molecule has 2 rings (SSSR count). The van der Waals surface area contributed by atoms with Crippen molar-refractivity contribution >= 4 is 64.6 Å². The predicted molar refractivity (Wildman–Crippen MR) is 77.0 cm³/mol. The highest BCUT2D eigenvalue weighted by atomic mass is 35.5. The summed E-state index contributed by atoms with van der Waals surface area (Å²) in [6.45, 7) is 0. The largest absolute Gasteiger partial charge is 0.355 e. The van der Waals surface area contributed by atoms with Gasteiger partial charge in [0.2, 0.25) is 0 Å². The lowest BCUT2D eigenvalue weighted by Crippen LogP contribution is -2.17. The molecule has 0 atom stereocenters. The minimum absolute atomic E-state index is 0. The Hall–Kier alpha value is -0.480. The summed E-state index contributed by atoms with van der Waals surface area (Å²) in [5, 5.41) is 5.82. The van der Waals surface area contributed by atoms with Crippen LogP contribution in [0.25, 0.3) is 10.1 Å². The standard InChI is InChI=1S/C10H9NOS.3ClH/c1-11-10(12)8-3-2-7-4-5-13-9(7)6-8;;;/h2-6H,1H3,(H,11,12);3*1H. The molecular weight excluding hydrogens is 289 g/mol. The summed E-state index contributed by atoms with van der Waals surface area (Å²) >= 11 is 1.65. The number of fused-ring (bicyclic) bond motifs is 1. The number of hydrogen-bond donors (Lipinski definition) is 1. The molecule has 90 valence electrons. The molecule has 0 aliphatic carbocycles. The first-order valence-corrected chi connectivity index (χ1v) is 4.88. The van der Waals surface area contributed by atoms with Gasteiger partial charge in [0.25, 0.3) is 5.91 Å². The number of hydrogen-bond acceptors (Lipinski definition) is 2. The summed E-state index contributed by atoms with van der Waals surface area (Å²) in [4.78, 5) is 11.3. The molecule has 2 aromatic rings. The van der Waals surface area contributed by atoms with Crippen molar-refractivity contribution in [3.05, 3.63) is 35.2 Å². The van der Waals surface area contributed by atoms with Gasteiger partial charge < -0.3 is 5.32 Å². The average Bonchev–Trinajstić information content (AvgIpc) is 2.63. The maximum Gasteiger partial charge on any atom is 0.251 e. The van der Waals surface area contributed by atoms with Gasteiger partial charge in [0, 0.05) is 17.3 Å². The van der Waals surface area contributed by atoms with Gasteiger partial charge in [-0.25, -0.2) is 0 Å². The van der Waals surface area contributed by atoms with Crippen LogP contribution in [0, 0.1) is 0 Å². The molecule has 0 fully saturated rings. The van der Waals surface area contributed by atoms with E-state index >= 15 is 0 Å². The van der Waals surface area contributed by atoms with Gasteiger partial charge in [-0.05, 0) is 29.0 Å². The van der Waals surface area contributed by atoms with E-state index in [2.05, 4.69) is 5.32 Å². The zero-order chi connectivity index (χ0) is 9.26. The Balaban J connectivity index is 0. The first-order valence-electron chi connectivity index (χ1n) is 4.00. The third-order valence-corrected chi connectivity index (χ3v) is 2.83. The molecule has 0 aliphatic rings. The second kappa shape index (κ2) is 7.74. The lowest BCUT2D eigenvalue weighted by molar-refractivity contribution is 0.0963. The summed E-state index contributed by atoms with van der Waals surface area (Å²) in [7, 11) is 1.64. The van der Waals surface area contributed by atoms with Crippen molar-refractivity contribution in [1.82, 2.24) is 5.32 Å². The molecule has 16 heavy (non-hydrogen) atoms. The minimum atomic E-state index is -0.0321. The second-order valence-electron chi connectivity index (χ2n) is 2.75. The molecular formula is C10H12Cl3NOS. The normalized spacial score (nSPS) is 8.31. The molecule has 2 nitrogen and oxygen atoms in total. The van der Waals surface area contributed by atoms with Crippen LogP contribution < -0.4 is 5.32 Å². The topological polar surface area (TPSA) is 29.1 Å². The second-order valence-corrected chi connectivity index (χ2v) is 3.70. The van der Waals surface area contributed by atoms with E-state index in [4.69, 9.17) is 0 Å². The molecule has 0 bridgehead atoms. The van der Waals surface area contributed by atoms with Crippen LogP contribution in [0.5, 0.6) is 0 Å². The summed E-state index contributed by atoms with van der Waals surface area (Å²) in [6, 6.07) is 7.77. The first-order chi connectivity index (χ1) is 6.31. The van der Waals surface area contributed by atoms with E-state index in [9.17, 15) is 4.79 Å². The number of rotatable bonds is 1. The number of carbonyl (C=O) groups is 1. The Morgan fingerprint density at radius 1 is 1.19 bits per heavy atom. The van der Waals surface area contributed by atoms with Gasteiger partial charge in [-0.2, -0.15) is 0 Å². The van der Waals surface area contributed by atoms with Crippen LogP contribution in [0.15, 0.2) is 29.6 Å². The van der Waals surface area contributed by atoms with Crippen molar-refractivity contribution < 1.29 is 4.79 Å². The smallest absolute Gasteiger partial charge is 0.251 e. The van der Waals surface area contributed by atoms with Crippen molar-refractivity contribution in [2.24, 2.45) is 0 Å². The van der Waals surface area contributed by atoms with E-state index in [0.717, 1.165) is 10.3 Å². The average molecular weight is 301 g/mol. The number of nitrogens with one attached hydrogen (secondary N) is 1. The summed E-state index contributed by atoms with van der Waals surface area (Å²) < 4.78 is 1.15. The molecule has 1 amide bonds. The van der Waals surface area contributed by atoms with Gasteiger partial charge >= 0.3 is 0 Å². The van der Waals surface area contributed by atoms with E-state index in [1.807, 2.05) is 29.6 Å². The third kappa shape index (κ3) is 3.52. The molecule has 0 saturated carbocycles. The van der Waals surface area contributed by atoms with Crippen LogP contribution >= 0.6 is 48.6 Å². The zero-order valence-corrected chi connectivity index (χ0v) is 11.7. The highest BCUT2D eigenvalue weighted by molar-refractivity contribution is 7.17. The van der Waals surface area contributed by atoms with Gasteiger partial charge in [0.05, 0.1) is 0 Å². The lowest BCUT2D eigenvalue weighted by atomic mass is 10.2. The van der Waals surface area contributed by atoms with Gasteiger partial charge in [-0.3, -0.25) is 4.79 Å². The molecule has 1 N–H and O–H groups in total. The van der Waals surface area contributed by atoms with Crippen LogP contribution in [0.3, 0.4) is 0 Å². The summed E-state index contributed by atoms with van der Waals surface area (Å²) in [5.74, 6) is -0.0321. The van der Waals surface area contributed by atoms with Crippen molar-refractivity contribution in [2.75, 3.05) is 7.05 Å². The minimum Gasteiger partial charge on any atom is -0.355 e. The molecule has 1 heterocycles. The van der Waals surface area contributed by atoms with Crippen molar-refractivity contribution in [3.8, 4) is 0 Å². The van der Waals surface area contributed by atoms with Gasteiger partial charge in [0.1, 0.15) is 0 Å². The fourth-order valence-electron chi connectivity index (χ4n) is 1.24. The number of halogens is 3. The van der Waals surface area contributed by atoms with E-state index < -0.39 is 0 Å². The molecule has 0 unspecified atom stereocenters.